The summed E-state index contributed by atoms with van der Waals surface area (Å²) in [6.45, 7) is 16.4. The van der Waals surface area contributed by atoms with E-state index in [9.17, 15) is 4.79 Å². The van der Waals surface area contributed by atoms with Crippen LogP contribution in [-0.2, 0) is 10.2 Å². The van der Waals surface area contributed by atoms with Gasteiger partial charge in [0, 0.05) is 0 Å². The van der Waals surface area contributed by atoms with Crippen molar-refractivity contribution in [1.29, 1.82) is 0 Å². The van der Waals surface area contributed by atoms with E-state index in [1.54, 1.807) is 0 Å². The van der Waals surface area contributed by atoms with Gasteiger partial charge in [0.1, 0.15) is 17.1 Å². The van der Waals surface area contributed by atoms with Gasteiger partial charge in [0.25, 0.3) is 0 Å². The standard InChI is InChI=1S/C38H42O3/c1-9-36(5,6)35(39)40-33-21-19-27(23-25(33)3)38(28-20-22-34(26(4)24-28)41-37(7,8)10-2)31-17-13-11-15-29(31)30-16-12-14-18-32(30)38/h11-24H,9-10H2,1-8H3. The zero-order valence-corrected chi connectivity index (χ0v) is 25.7. The van der Waals surface area contributed by atoms with Gasteiger partial charge in [-0.15, -0.1) is 0 Å². The van der Waals surface area contributed by atoms with Gasteiger partial charge in [-0.3, -0.25) is 4.79 Å². The second kappa shape index (κ2) is 10.5. The first-order valence-corrected chi connectivity index (χ1v) is 14.8. The number of hydrogen-bond acceptors (Lipinski definition) is 3. The molecule has 0 spiro atoms. The van der Waals surface area contributed by atoms with Crippen LogP contribution in [0.3, 0.4) is 0 Å². The highest BCUT2D eigenvalue weighted by Gasteiger charge is 2.46. The average molecular weight is 547 g/mol. The van der Waals surface area contributed by atoms with Crippen molar-refractivity contribution >= 4 is 5.97 Å². The molecule has 0 saturated carbocycles. The number of esters is 1. The third-order valence-electron chi connectivity index (χ3n) is 9.05. The molecule has 0 atom stereocenters. The Morgan fingerprint density at radius 1 is 0.683 bits per heavy atom. The average Bonchev–Trinajstić information content (AvgIpc) is 3.26. The molecule has 0 unspecified atom stereocenters. The van der Waals surface area contributed by atoms with E-state index in [1.807, 2.05) is 33.8 Å². The van der Waals surface area contributed by atoms with Gasteiger partial charge in [-0.05, 0) is 111 Å². The Morgan fingerprint density at radius 2 is 1.17 bits per heavy atom. The molecular formula is C38H42O3. The van der Waals surface area contributed by atoms with E-state index in [-0.39, 0.29) is 11.6 Å². The summed E-state index contributed by atoms with van der Waals surface area (Å²) in [6.07, 6.45) is 1.64. The monoisotopic (exact) mass is 546 g/mol. The maximum Gasteiger partial charge on any atom is 0.316 e. The molecule has 5 rings (SSSR count). The van der Waals surface area contributed by atoms with E-state index in [1.165, 1.54) is 27.8 Å². The minimum Gasteiger partial charge on any atom is -0.488 e. The van der Waals surface area contributed by atoms with E-state index in [0.717, 1.165) is 28.9 Å². The maximum absolute atomic E-state index is 12.9. The van der Waals surface area contributed by atoms with E-state index in [4.69, 9.17) is 9.47 Å². The van der Waals surface area contributed by atoms with Gasteiger partial charge in [0.05, 0.1) is 10.8 Å². The van der Waals surface area contributed by atoms with Crippen molar-refractivity contribution in [2.24, 2.45) is 5.41 Å². The first-order chi connectivity index (χ1) is 19.4. The number of carbonyl (C=O) groups excluding carboxylic acids is 1. The van der Waals surface area contributed by atoms with Gasteiger partial charge < -0.3 is 9.47 Å². The molecule has 0 fully saturated rings. The number of benzene rings is 4. The minimum absolute atomic E-state index is 0.205. The second-order valence-corrected chi connectivity index (χ2v) is 12.6. The van der Waals surface area contributed by atoms with Crippen molar-refractivity contribution in [2.75, 3.05) is 0 Å². The number of fused-ring (bicyclic) bond motifs is 3. The summed E-state index contributed by atoms with van der Waals surface area (Å²) in [5.41, 5.74) is 8.04. The topological polar surface area (TPSA) is 35.5 Å². The van der Waals surface area contributed by atoms with Crippen molar-refractivity contribution in [3.63, 3.8) is 0 Å². The lowest BCUT2D eigenvalue weighted by atomic mass is 9.67. The highest BCUT2D eigenvalue weighted by Crippen LogP contribution is 2.56. The maximum atomic E-state index is 12.9. The Labute approximate surface area is 245 Å². The van der Waals surface area contributed by atoms with Crippen molar-refractivity contribution in [1.82, 2.24) is 0 Å². The number of ether oxygens (including phenoxy) is 2. The fourth-order valence-electron chi connectivity index (χ4n) is 5.77. The number of carbonyl (C=O) groups is 1. The lowest BCUT2D eigenvalue weighted by Gasteiger charge is -2.35. The lowest BCUT2D eigenvalue weighted by molar-refractivity contribution is -0.144. The molecule has 0 radical (unpaired) electrons. The van der Waals surface area contributed by atoms with Crippen LogP contribution in [0.5, 0.6) is 11.5 Å². The largest absolute Gasteiger partial charge is 0.488 e. The normalized spacial score (nSPS) is 13.9. The van der Waals surface area contributed by atoms with Gasteiger partial charge in [-0.25, -0.2) is 0 Å². The van der Waals surface area contributed by atoms with Gasteiger partial charge in [-0.1, -0.05) is 86.6 Å². The third kappa shape index (κ3) is 4.86. The molecule has 0 heterocycles. The lowest BCUT2D eigenvalue weighted by Crippen LogP contribution is -2.30. The molecule has 4 aromatic carbocycles. The zero-order chi connectivity index (χ0) is 29.6. The highest BCUT2D eigenvalue weighted by molar-refractivity contribution is 5.86. The van der Waals surface area contributed by atoms with Gasteiger partial charge in [-0.2, -0.15) is 0 Å². The molecule has 1 aliphatic rings. The van der Waals surface area contributed by atoms with E-state index in [2.05, 4.69) is 107 Å². The highest BCUT2D eigenvalue weighted by atomic mass is 16.5. The summed E-state index contributed by atoms with van der Waals surface area (Å²) in [7, 11) is 0. The molecule has 0 aliphatic heterocycles. The van der Waals surface area contributed by atoms with Crippen LogP contribution in [-0.4, -0.2) is 11.6 Å². The van der Waals surface area contributed by atoms with Gasteiger partial charge in [0.15, 0.2) is 0 Å². The quantitative estimate of drug-likeness (QED) is 0.144. The fourth-order valence-corrected chi connectivity index (χ4v) is 5.77. The van der Waals surface area contributed by atoms with Crippen LogP contribution >= 0.6 is 0 Å². The minimum atomic E-state index is -0.538. The van der Waals surface area contributed by atoms with E-state index < -0.39 is 10.8 Å². The van der Waals surface area contributed by atoms with Crippen molar-refractivity contribution in [3.05, 3.63) is 118 Å². The predicted molar refractivity (Wildman–Crippen MR) is 168 cm³/mol. The number of rotatable bonds is 8. The van der Waals surface area contributed by atoms with Crippen LogP contribution in [0, 0.1) is 19.3 Å². The number of aryl methyl sites for hydroxylation is 2. The molecular weight excluding hydrogens is 504 g/mol. The first-order valence-electron chi connectivity index (χ1n) is 14.8. The SMILES string of the molecule is CCC(C)(C)Oc1ccc(C2(c3ccc(OC(=O)C(C)(C)CC)c(C)c3)c3ccccc3-c3ccccc32)cc1C. The summed E-state index contributed by atoms with van der Waals surface area (Å²) in [5, 5.41) is 0. The molecule has 4 aromatic rings. The summed E-state index contributed by atoms with van der Waals surface area (Å²) in [6, 6.07) is 30.4. The smallest absolute Gasteiger partial charge is 0.316 e. The molecule has 0 aromatic heterocycles. The first kappa shape index (κ1) is 28.7. The Bertz CT molecular complexity index is 1560. The van der Waals surface area contributed by atoms with Crippen molar-refractivity contribution in [3.8, 4) is 22.6 Å². The molecule has 1 aliphatic carbocycles. The van der Waals surface area contributed by atoms with Gasteiger partial charge in [0.2, 0.25) is 0 Å². The molecule has 212 valence electrons. The van der Waals surface area contributed by atoms with Crippen LogP contribution < -0.4 is 9.47 Å². The van der Waals surface area contributed by atoms with Crippen LogP contribution in [0.1, 0.15) is 87.8 Å². The van der Waals surface area contributed by atoms with Crippen molar-refractivity contribution in [2.45, 2.75) is 79.2 Å². The molecule has 41 heavy (non-hydrogen) atoms. The summed E-state index contributed by atoms with van der Waals surface area (Å²) < 4.78 is 12.4. The molecule has 0 amide bonds. The molecule has 3 heteroatoms. The van der Waals surface area contributed by atoms with Crippen LogP contribution in [0.4, 0.5) is 0 Å². The Kier molecular flexibility index (Phi) is 7.36. The summed E-state index contributed by atoms with van der Waals surface area (Å²) in [4.78, 5) is 12.9. The van der Waals surface area contributed by atoms with E-state index in [0.29, 0.717) is 12.2 Å². The molecule has 3 nitrogen and oxygen atoms in total. The number of hydrogen-bond donors (Lipinski definition) is 0. The fraction of sp³-hybridized carbons (Fsp3) is 0.342. The Morgan fingerprint density at radius 3 is 1.63 bits per heavy atom. The Hall–Kier alpha value is -3.85. The second-order valence-electron chi connectivity index (χ2n) is 12.6. The molecule has 0 N–H and O–H groups in total. The van der Waals surface area contributed by atoms with E-state index >= 15 is 0 Å². The summed E-state index contributed by atoms with van der Waals surface area (Å²) in [5.74, 6) is 1.31. The van der Waals surface area contributed by atoms with Crippen LogP contribution in [0.25, 0.3) is 11.1 Å². The molecule has 0 bridgehead atoms. The third-order valence-corrected chi connectivity index (χ3v) is 9.05. The van der Waals surface area contributed by atoms with Crippen LogP contribution in [0.15, 0.2) is 84.9 Å². The zero-order valence-electron chi connectivity index (χ0n) is 25.7. The van der Waals surface area contributed by atoms with Crippen molar-refractivity contribution < 1.29 is 14.3 Å². The Balaban J connectivity index is 1.72. The predicted octanol–water partition coefficient (Wildman–Crippen LogP) is 9.58. The van der Waals surface area contributed by atoms with Gasteiger partial charge >= 0.3 is 5.97 Å². The van der Waals surface area contributed by atoms with Crippen LogP contribution in [0.2, 0.25) is 0 Å². The molecule has 0 saturated heterocycles. The summed E-state index contributed by atoms with van der Waals surface area (Å²) >= 11 is 0.